The van der Waals surface area contributed by atoms with Gasteiger partial charge in [0.05, 0.1) is 14.2 Å². The quantitative estimate of drug-likeness (QED) is 0.449. The summed E-state index contributed by atoms with van der Waals surface area (Å²) in [5.74, 6) is 1.40. The predicted molar refractivity (Wildman–Crippen MR) is 107 cm³/mol. The van der Waals surface area contributed by atoms with Crippen molar-refractivity contribution >= 4 is 11.9 Å². The fourth-order valence-corrected chi connectivity index (χ4v) is 3.30. The molecule has 1 aliphatic heterocycles. The molecule has 1 aromatic rings. The van der Waals surface area contributed by atoms with Crippen molar-refractivity contribution < 1.29 is 14.3 Å². The van der Waals surface area contributed by atoms with Crippen LogP contribution in [0.5, 0.6) is 5.75 Å². The summed E-state index contributed by atoms with van der Waals surface area (Å²) >= 11 is 0. The van der Waals surface area contributed by atoms with Crippen LogP contribution in [0.25, 0.3) is 0 Å². The van der Waals surface area contributed by atoms with E-state index in [0.29, 0.717) is 35.9 Å². The van der Waals surface area contributed by atoms with E-state index < -0.39 is 5.97 Å². The molecule has 0 spiro atoms. The van der Waals surface area contributed by atoms with Crippen molar-refractivity contribution in [3.8, 4) is 5.75 Å². The Morgan fingerprint density at radius 1 is 1.33 bits per heavy atom. The number of benzene rings is 1. The van der Waals surface area contributed by atoms with E-state index in [9.17, 15) is 4.79 Å². The highest BCUT2D eigenvalue weighted by atomic mass is 16.5. The fraction of sp³-hybridized carbons (Fsp3) is 0.600. The van der Waals surface area contributed by atoms with Gasteiger partial charge in [0.15, 0.2) is 5.96 Å². The molecule has 7 heteroatoms. The molecule has 1 heterocycles. The van der Waals surface area contributed by atoms with Crippen molar-refractivity contribution in [3.05, 3.63) is 29.3 Å². The number of nitrogens with one attached hydrogen (secondary N) is 2. The van der Waals surface area contributed by atoms with E-state index in [2.05, 4.69) is 41.3 Å². The zero-order chi connectivity index (χ0) is 20.0. The Bertz CT molecular complexity index is 675. The number of likely N-dealkylation sites (tertiary alicyclic amines) is 1. The van der Waals surface area contributed by atoms with Crippen LogP contribution in [0.2, 0.25) is 0 Å². The number of aliphatic imine (C=N–C) groups is 1. The molecule has 0 radical (unpaired) electrons. The molecular weight excluding hydrogens is 344 g/mol. The van der Waals surface area contributed by atoms with Gasteiger partial charge in [-0.2, -0.15) is 0 Å². The number of carbonyl (C=O) groups is 1. The molecular formula is C20H32N4O3. The van der Waals surface area contributed by atoms with Gasteiger partial charge in [0.2, 0.25) is 0 Å². The van der Waals surface area contributed by atoms with Crippen molar-refractivity contribution in [3.63, 3.8) is 0 Å². The third-order valence-corrected chi connectivity index (χ3v) is 5.05. The van der Waals surface area contributed by atoms with E-state index in [1.807, 2.05) is 6.07 Å². The SMILES string of the molecule is CN=C(NCc1ccc(OC)c(C(=O)OC)c1)NC1CN(C(C)C)CC1C. The minimum Gasteiger partial charge on any atom is -0.496 e. The van der Waals surface area contributed by atoms with Gasteiger partial charge < -0.3 is 20.1 Å². The van der Waals surface area contributed by atoms with Crippen LogP contribution < -0.4 is 15.4 Å². The number of guanidine groups is 1. The number of ether oxygens (including phenoxy) is 2. The molecule has 2 rings (SSSR count). The Morgan fingerprint density at radius 3 is 2.63 bits per heavy atom. The van der Waals surface area contributed by atoms with E-state index in [4.69, 9.17) is 9.47 Å². The second-order valence-electron chi connectivity index (χ2n) is 7.23. The van der Waals surface area contributed by atoms with Crippen molar-refractivity contribution in [1.29, 1.82) is 0 Å². The average Bonchev–Trinajstić information content (AvgIpc) is 3.04. The lowest BCUT2D eigenvalue weighted by Crippen LogP contribution is -2.46. The highest BCUT2D eigenvalue weighted by Gasteiger charge is 2.31. The van der Waals surface area contributed by atoms with Crippen LogP contribution in [-0.4, -0.2) is 63.3 Å². The number of carbonyl (C=O) groups excluding carboxylic acids is 1. The maximum Gasteiger partial charge on any atom is 0.341 e. The molecule has 1 aliphatic rings. The first-order valence-corrected chi connectivity index (χ1v) is 9.36. The van der Waals surface area contributed by atoms with Gasteiger partial charge in [0.25, 0.3) is 0 Å². The topological polar surface area (TPSA) is 75.2 Å². The van der Waals surface area contributed by atoms with Gasteiger partial charge in [0.1, 0.15) is 11.3 Å². The summed E-state index contributed by atoms with van der Waals surface area (Å²) in [6.07, 6.45) is 0. The normalized spacial score (nSPS) is 20.6. The van der Waals surface area contributed by atoms with E-state index in [-0.39, 0.29) is 0 Å². The molecule has 27 heavy (non-hydrogen) atoms. The first kappa shape index (κ1) is 21.0. The van der Waals surface area contributed by atoms with Gasteiger partial charge in [-0.1, -0.05) is 13.0 Å². The van der Waals surface area contributed by atoms with Gasteiger partial charge >= 0.3 is 5.97 Å². The second-order valence-corrected chi connectivity index (χ2v) is 7.23. The van der Waals surface area contributed by atoms with Gasteiger partial charge in [-0.15, -0.1) is 0 Å². The fourth-order valence-electron chi connectivity index (χ4n) is 3.30. The van der Waals surface area contributed by atoms with Gasteiger partial charge in [-0.25, -0.2) is 4.79 Å². The van der Waals surface area contributed by atoms with Gasteiger partial charge in [-0.05, 0) is 37.5 Å². The molecule has 150 valence electrons. The Balaban J connectivity index is 1.99. The number of hydrogen-bond acceptors (Lipinski definition) is 5. The third kappa shape index (κ3) is 5.35. The lowest BCUT2D eigenvalue weighted by atomic mass is 10.1. The van der Waals surface area contributed by atoms with Crippen LogP contribution in [0.15, 0.2) is 23.2 Å². The van der Waals surface area contributed by atoms with Gasteiger partial charge in [-0.3, -0.25) is 9.89 Å². The molecule has 0 bridgehead atoms. The van der Waals surface area contributed by atoms with Gasteiger partial charge in [0, 0.05) is 38.8 Å². The maximum absolute atomic E-state index is 11.9. The second kappa shape index (κ2) is 9.60. The molecule has 0 amide bonds. The Kier molecular flexibility index (Phi) is 7.47. The molecule has 0 aromatic heterocycles. The number of hydrogen-bond donors (Lipinski definition) is 2. The van der Waals surface area contributed by atoms with E-state index in [0.717, 1.165) is 24.6 Å². The molecule has 2 atom stereocenters. The van der Waals surface area contributed by atoms with Crippen LogP contribution in [0, 0.1) is 5.92 Å². The first-order valence-electron chi connectivity index (χ1n) is 9.36. The number of rotatable bonds is 6. The van der Waals surface area contributed by atoms with E-state index in [1.165, 1.54) is 14.2 Å². The van der Waals surface area contributed by atoms with Crippen molar-refractivity contribution in [2.45, 2.75) is 39.4 Å². The summed E-state index contributed by atoms with van der Waals surface area (Å²) in [6.45, 7) is 9.36. The summed E-state index contributed by atoms with van der Waals surface area (Å²) in [7, 11) is 4.67. The summed E-state index contributed by atoms with van der Waals surface area (Å²) in [6, 6.07) is 6.39. The van der Waals surface area contributed by atoms with Crippen molar-refractivity contribution in [2.24, 2.45) is 10.9 Å². The van der Waals surface area contributed by atoms with Crippen LogP contribution in [-0.2, 0) is 11.3 Å². The molecule has 7 nitrogen and oxygen atoms in total. The zero-order valence-corrected chi connectivity index (χ0v) is 17.2. The Morgan fingerprint density at radius 2 is 2.07 bits per heavy atom. The first-order chi connectivity index (χ1) is 12.9. The van der Waals surface area contributed by atoms with Crippen LogP contribution in [0.3, 0.4) is 0 Å². The lowest BCUT2D eigenvalue weighted by molar-refractivity contribution is 0.0597. The molecule has 0 aliphatic carbocycles. The van der Waals surface area contributed by atoms with Crippen molar-refractivity contribution in [2.75, 3.05) is 34.4 Å². The van der Waals surface area contributed by atoms with Crippen molar-refractivity contribution in [1.82, 2.24) is 15.5 Å². The largest absolute Gasteiger partial charge is 0.496 e. The van der Waals surface area contributed by atoms with Crippen LogP contribution >= 0.6 is 0 Å². The van der Waals surface area contributed by atoms with E-state index >= 15 is 0 Å². The third-order valence-electron chi connectivity index (χ3n) is 5.05. The standard InChI is InChI=1S/C20H32N4O3/c1-13(2)24-11-14(3)17(12-24)23-20(21-4)22-10-15-7-8-18(26-5)16(9-15)19(25)27-6/h7-9,13-14,17H,10-12H2,1-6H3,(H2,21,22,23). The zero-order valence-electron chi connectivity index (χ0n) is 17.2. The number of methoxy groups -OCH3 is 2. The average molecular weight is 377 g/mol. The molecule has 2 unspecified atom stereocenters. The van der Waals surface area contributed by atoms with Crippen LogP contribution in [0.1, 0.15) is 36.7 Å². The molecule has 2 N–H and O–H groups in total. The summed E-state index contributed by atoms with van der Waals surface area (Å²) < 4.78 is 10.1. The summed E-state index contributed by atoms with van der Waals surface area (Å²) in [5.41, 5.74) is 1.36. The number of nitrogens with zero attached hydrogens (tertiary/aromatic N) is 2. The summed E-state index contributed by atoms with van der Waals surface area (Å²) in [4.78, 5) is 18.7. The highest BCUT2D eigenvalue weighted by molar-refractivity contribution is 5.92. The minimum absolute atomic E-state index is 0.361. The van der Waals surface area contributed by atoms with E-state index in [1.54, 1.807) is 19.2 Å². The monoisotopic (exact) mass is 376 g/mol. The molecule has 1 fully saturated rings. The molecule has 1 saturated heterocycles. The van der Waals surface area contributed by atoms with Crippen LogP contribution in [0.4, 0.5) is 0 Å². The summed E-state index contributed by atoms with van der Waals surface area (Å²) in [5, 5.41) is 6.85. The number of esters is 1. The molecule has 1 aromatic carbocycles. The Labute approximate surface area is 162 Å². The minimum atomic E-state index is -0.412. The molecule has 0 saturated carbocycles. The lowest BCUT2D eigenvalue weighted by Gasteiger charge is -2.22. The highest BCUT2D eigenvalue weighted by Crippen LogP contribution is 2.21. The maximum atomic E-state index is 11.9. The predicted octanol–water partition coefficient (Wildman–Crippen LogP) is 1.88. The Hall–Kier alpha value is -2.28. The smallest absolute Gasteiger partial charge is 0.341 e.